The molecule has 0 radical (unpaired) electrons. The number of carbonyl (C=O) groups is 1. The van der Waals surface area contributed by atoms with Crippen LogP contribution in [-0.4, -0.2) is 16.7 Å². The van der Waals surface area contributed by atoms with Crippen molar-refractivity contribution in [3.8, 4) is 28.4 Å². The molecular formula is C16H10O6. The Morgan fingerprint density at radius 3 is 2.50 bits per heavy atom. The van der Waals surface area contributed by atoms with Gasteiger partial charge in [0.15, 0.2) is 0 Å². The van der Waals surface area contributed by atoms with Crippen LogP contribution >= 0.6 is 0 Å². The lowest BCUT2D eigenvalue weighted by Crippen LogP contribution is -2.05. The zero-order valence-corrected chi connectivity index (χ0v) is 11.1. The highest BCUT2D eigenvalue weighted by Crippen LogP contribution is 2.30. The van der Waals surface area contributed by atoms with Crippen LogP contribution < -0.4 is 10.2 Å². The maximum Gasteiger partial charge on any atom is 0.298 e. The number of rotatable bonds is 3. The molecule has 0 amide bonds. The molecule has 0 aliphatic carbocycles. The maximum absolute atomic E-state index is 12.5. The molecule has 0 unspecified atom stereocenters. The largest absolute Gasteiger partial charge is 0.508 e. The molecule has 2 N–H and O–H groups in total. The van der Waals surface area contributed by atoms with Crippen LogP contribution in [0, 0.1) is 0 Å². The predicted molar refractivity (Wildman–Crippen MR) is 77.9 cm³/mol. The van der Waals surface area contributed by atoms with Crippen LogP contribution in [0.15, 0.2) is 51.9 Å². The van der Waals surface area contributed by atoms with Gasteiger partial charge in [-0.15, -0.1) is 0 Å². The third-order valence-corrected chi connectivity index (χ3v) is 3.19. The molecule has 6 heteroatoms. The lowest BCUT2D eigenvalue weighted by molar-refractivity contribution is -0.120. The van der Waals surface area contributed by atoms with Gasteiger partial charge in [0.25, 0.3) is 6.47 Å². The van der Waals surface area contributed by atoms with E-state index in [-0.39, 0.29) is 40.3 Å². The highest BCUT2D eigenvalue weighted by atomic mass is 16.5. The van der Waals surface area contributed by atoms with E-state index in [1.807, 2.05) is 0 Å². The average molecular weight is 298 g/mol. The average Bonchev–Trinajstić information content (AvgIpc) is 2.49. The summed E-state index contributed by atoms with van der Waals surface area (Å²) in [5, 5.41) is 19.3. The fourth-order valence-electron chi connectivity index (χ4n) is 2.17. The van der Waals surface area contributed by atoms with Crippen LogP contribution in [0.2, 0.25) is 0 Å². The number of phenolic OH excluding ortho intramolecular Hbond substituents is 2. The molecule has 0 spiro atoms. The minimum Gasteiger partial charge on any atom is -0.508 e. The van der Waals surface area contributed by atoms with Gasteiger partial charge >= 0.3 is 0 Å². The second kappa shape index (κ2) is 5.25. The van der Waals surface area contributed by atoms with Crippen molar-refractivity contribution in [3.05, 3.63) is 52.9 Å². The van der Waals surface area contributed by atoms with Crippen molar-refractivity contribution in [1.29, 1.82) is 0 Å². The molecule has 1 aromatic heterocycles. The molecule has 1 heterocycles. The molecule has 22 heavy (non-hydrogen) atoms. The number of ether oxygens (including phenoxy) is 1. The second-order valence-electron chi connectivity index (χ2n) is 4.55. The summed E-state index contributed by atoms with van der Waals surface area (Å²) in [5.74, 6) is -0.198. The number of hydrogen-bond donors (Lipinski definition) is 2. The Bertz CT molecular complexity index is 908. The van der Waals surface area contributed by atoms with Gasteiger partial charge in [0, 0.05) is 12.1 Å². The summed E-state index contributed by atoms with van der Waals surface area (Å²) in [7, 11) is 0. The summed E-state index contributed by atoms with van der Waals surface area (Å²) in [6.07, 6.45) is 1.25. The van der Waals surface area contributed by atoms with Crippen LogP contribution in [0.25, 0.3) is 22.1 Å². The highest BCUT2D eigenvalue weighted by molar-refractivity contribution is 5.88. The molecular weight excluding hydrogens is 288 g/mol. The first-order valence-corrected chi connectivity index (χ1v) is 6.28. The van der Waals surface area contributed by atoms with Gasteiger partial charge in [0.1, 0.15) is 34.5 Å². The van der Waals surface area contributed by atoms with Gasteiger partial charge in [-0.2, -0.15) is 0 Å². The van der Waals surface area contributed by atoms with Gasteiger partial charge in [-0.25, -0.2) is 0 Å². The molecule has 0 saturated carbocycles. The van der Waals surface area contributed by atoms with E-state index >= 15 is 0 Å². The summed E-state index contributed by atoms with van der Waals surface area (Å²) < 4.78 is 9.99. The Morgan fingerprint density at radius 2 is 1.82 bits per heavy atom. The Morgan fingerprint density at radius 1 is 1.09 bits per heavy atom. The van der Waals surface area contributed by atoms with E-state index in [2.05, 4.69) is 4.74 Å². The van der Waals surface area contributed by atoms with E-state index < -0.39 is 5.43 Å². The number of hydrogen-bond acceptors (Lipinski definition) is 6. The Labute approximate surface area is 123 Å². The third-order valence-electron chi connectivity index (χ3n) is 3.19. The number of aromatic hydroxyl groups is 2. The number of benzene rings is 2. The van der Waals surface area contributed by atoms with Crippen LogP contribution in [-0.2, 0) is 4.79 Å². The van der Waals surface area contributed by atoms with E-state index in [9.17, 15) is 19.8 Å². The van der Waals surface area contributed by atoms with E-state index in [4.69, 9.17) is 4.42 Å². The number of carbonyl (C=O) groups excluding carboxylic acids is 1. The fraction of sp³-hybridized carbons (Fsp3) is 0. The predicted octanol–water partition coefficient (Wildman–Crippen LogP) is 2.41. The Kier molecular flexibility index (Phi) is 3.27. The minimum atomic E-state index is -0.429. The first-order valence-electron chi connectivity index (χ1n) is 6.28. The number of phenols is 2. The van der Waals surface area contributed by atoms with Crippen molar-refractivity contribution in [3.63, 3.8) is 0 Å². The van der Waals surface area contributed by atoms with Crippen molar-refractivity contribution < 1.29 is 24.2 Å². The molecule has 6 nitrogen and oxygen atoms in total. The van der Waals surface area contributed by atoms with Gasteiger partial charge in [0.05, 0.1) is 5.56 Å². The summed E-state index contributed by atoms with van der Waals surface area (Å²) in [5.41, 5.74) is 0.458. The molecule has 2 aromatic carbocycles. The Balaban J connectivity index is 2.23. The zero-order chi connectivity index (χ0) is 15.7. The molecule has 0 atom stereocenters. The molecule has 0 aliphatic rings. The first-order chi connectivity index (χ1) is 10.6. The molecule has 3 rings (SSSR count). The molecule has 3 aromatic rings. The van der Waals surface area contributed by atoms with Crippen LogP contribution in [0.5, 0.6) is 17.2 Å². The van der Waals surface area contributed by atoms with Gasteiger partial charge in [-0.1, -0.05) is 12.1 Å². The standard InChI is InChI=1S/C16H10O6/c17-8-22-11-5-13(19)15-14(6-11)21-7-12(16(15)20)9-1-3-10(18)4-2-9/h1-8,18-19H. The molecule has 0 fully saturated rings. The second-order valence-corrected chi connectivity index (χ2v) is 4.55. The van der Waals surface area contributed by atoms with Gasteiger partial charge in [-0.3, -0.25) is 9.59 Å². The normalized spacial score (nSPS) is 10.5. The SMILES string of the molecule is O=COc1cc(O)c2c(=O)c(-c3ccc(O)cc3)coc2c1. The molecule has 110 valence electrons. The summed E-state index contributed by atoms with van der Waals surface area (Å²) >= 11 is 0. The fourth-order valence-corrected chi connectivity index (χ4v) is 2.17. The van der Waals surface area contributed by atoms with E-state index in [0.717, 1.165) is 6.07 Å². The first kappa shape index (κ1) is 13.7. The maximum atomic E-state index is 12.5. The van der Waals surface area contributed by atoms with Crippen LogP contribution in [0.3, 0.4) is 0 Å². The monoisotopic (exact) mass is 298 g/mol. The lowest BCUT2D eigenvalue weighted by atomic mass is 10.0. The Hall–Kier alpha value is -3.28. The van der Waals surface area contributed by atoms with Crippen molar-refractivity contribution in [1.82, 2.24) is 0 Å². The quantitative estimate of drug-likeness (QED) is 0.721. The van der Waals surface area contributed by atoms with Gasteiger partial charge in [0.2, 0.25) is 5.43 Å². The zero-order valence-electron chi connectivity index (χ0n) is 11.1. The lowest BCUT2D eigenvalue weighted by Gasteiger charge is -2.06. The topological polar surface area (TPSA) is 97.0 Å². The van der Waals surface area contributed by atoms with Gasteiger partial charge < -0.3 is 19.4 Å². The van der Waals surface area contributed by atoms with Crippen LogP contribution in [0.4, 0.5) is 0 Å². The molecule has 0 saturated heterocycles. The van der Waals surface area contributed by atoms with E-state index in [1.54, 1.807) is 12.1 Å². The third kappa shape index (κ3) is 2.26. The summed E-state index contributed by atoms with van der Waals surface area (Å²) in [4.78, 5) is 22.8. The molecule has 0 aliphatic heterocycles. The van der Waals surface area contributed by atoms with Crippen molar-refractivity contribution in [2.45, 2.75) is 0 Å². The minimum absolute atomic E-state index is 0.0103. The van der Waals surface area contributed by atoms with E-state index in [1.165, 1.54) is 24.5 Å². The van der Waals surface area contributed by atoms with Crippen molar-refractivity contribution in [2.24, 2.45) is 0 Å². The van der Waals surface area contributed by atoms with Crippen molar-refractivity contribution >= 4 is 17.4 Å². The van der Waals surface area contributed by atoms with Crippen molar-refractivity contribution in [2.75, 3.05) is 0 Å². The van der Waals surface area contributed by atoms with Gasteiger partial charge in [-0.05, 0) is 17.7 Å². The summed E-state index contributed by atoms with van der Waals surface area (Å²) in [6.45, 7) is 0.212. The summed E-state index contributed by atoms with van der Waals surface area (Å²) in [6, 6.07) is 8.52. The smallest absolute Gasteiger partial charge is 0.298 e. The van der Waals surface area contributed by atoms with E-state index in [0.29, 0.717) is 5.56 Å². The highest BCUT2D eigenvalue weighted by Gasteiger charge is 2.14. The molecule has 0 bridgehead atoms. The van der Waals surface area contributed by atoms with Crippen LogP contribution in [0.1, 0.15) is 0 Å². The number of fused-ring (bicyclic) bond motifs is 1.